The van der Waals surface area contributed by atoms with Crippen LogP contribution < -0.4 is 11.1 Å². The maximum atomic E-state index is 11.8. The summed E-state index contributed by atoms with van der Waals surface area (Å²) in [5.74, 6) is 0.127. The van der Waals surface area contributed by atoms with Crippen LogP contribution in [0, 0.1) is 0 Å². The molecule has 5 heteroatoms. The first-order chi connectivity index (χ1) is 8.73. The molecule has 1 amide bonds. The minimum Gasteiger partial charge on any atom is -0.444 e. The number of anilines is 1. The van der Waals surface area contributed by atoms with E-state index in [1.807, 2.05) is 33.8 Å². The van der Waals surface area contributed by atoms with Crippen molar-refractivity contribution in [1.82, 2.24) is 0 Å². The van der Waals surface area contributed by atoms with Gasteiger partial charge in [0.25, 0.3) is 0 Å². The summed E-state index contributed by atoms with van der Waals surface area (Å²) in [5.41, 5.74) is 6.71. The number of rotatable bonds is 3. The van der Waals surface area contributed by atoms with Crippen LogP contribution >= 0.6 is 11.6 Å². The Kier molecular flexibility index (Phi) is 5.20. The Bertz CT molecular complexity index is 455. The van der Waals surface area contributed by atoms with Gasteiger partial charge in [0.2, 0.25) is 0 Å². The smallest absolute Gasteiger partial charge is 0.412 e. The number of hydrogen-bond donors (Lipinski definition) is 2. The lowest BCUT2D eigenvalue weighted by atomic mass is 9.99. The first-order valence-electron chi connectivity index (χ1n) is 6.22. The SMILES string of the molecule is CC(CN)c1ccc(Cl)cc1NC(=O)OC(C)(C)C. The summed E-state index contributed by atoms with van der Waals surface area (Å²) in [7, 11) is 0. The molecule has 0 aliphatic rings. The van der Waals surface area contributed by atoms with E-state index < -0.39 is 11.7 Å². The summed E-state index contributed by atoms with van der Waals surface area (Å²) in [6, 6.07) is 5.35. The molecule has 3 N–H and O–H groups in total. The van der Waals surface area contributed by atoms with Crippen molar-refractivity contribution in [3.05, 3.63) is 28.8 Å². The first kappa shape index (κ1) is 15.8. The van der Waals surface area contributed by atoms with Crippen LogP contribution in [0.25, 0.3) is 0 Å². The zero-order valence-electron chi connectivity index (χ0n) is 11.8. The Balaban J connectivity index is 2.93. The molecule has 4 nitrogen and oxygen atoms in total. The second kappa shape index (κ2) is 6.26. The molecular weight excluding hydrogens is 264 g/mol. The van der Waals surface area contributed by atoms with Crippen LogP contribution in [0.4, 0.5) is 10.5 Å². The lowest BCUT2D eigenvalue weighted by molar-refractivity contribution is 0.0636. The van der Waals surface area contributed by atoms with Gasteiger partial charge in [-0.2, -0.15) is 0 Å². The van der Waals surface area contributed by atoms with E-state index in [4.69, 9.17) is 22.1 Å². The second-order valence-corrected chi connectivity index (χ2v) is 5.93. The monoisotopic (exact) mass is 284 g/mol. The molecule has 0 saturated carbocycles. The van der Waals surface area contributed by atoms with Crippen molar-refractivity contribution in [2.75, 3.05) is 11.9 Å². The number of halogens is 1. The van der Waals surface area contributed by atoms with E-state index >= 15 is 0 Å². The highest BCUT2D eigenvalue weighted by molar-refractivity contribution is 6.31. The number of carbonyl (C=O) groups is 1. The number of carbonyl (C=O) groups excluding carboxylic acids is 1. The summed E-state index contributed by atoms with van der Waals surface area (Å²) in [6.07, 6.45) is -0.500. The number of hydrogen-bond acceptors (Lipinski definition) is 3. The molecule has 19 heavy (non-hydrogen) atoms. The third-order valence-electron chi connectivity index (χ3n) is 2.54. The van der Waals surface area contributed by atoms with Gasteiger partial charge in [0.15, 0.2) is 0 Å². The molecule has 0 aliphatic carbocycles. The van der Waals surface area contributed by atoms with Crippen molar-refractivity contribution >= 4 is 23.4 Å². The van der Waals surface area contributed by atoms with Crippen LogP contribution in [0.2, 0.25) is 5.02 Å². The largest absolute Gasteiger partial charge is 0.444 e. The van der Waals surface area contributed by atoms with Crippen LogP contribution in [0.15, 0.2) is 18.2 Å². The van der Waals surface area contributed by atoms with E-state index in [0.29, 0.717) is 17.3 Å². The number of nitrogens with two attached hydrogens (primary N) is 1. The van der Waals surface area contributed by atoms with Gasteiger partial charge < -0.3 is 10.5 Å². The van der Waals surface area contributed by atoms with Crippen LogP contribution in [0.3, 0.4) is 0 Å². The molecular formula is C14H21ClN2O2. The van der Waals surface area contributed by atoms with E-state index in [1.165, 1.54) is 0 Å². The third kappa shape index (κ3) is 5.09. The van der Waals surface area contributed by atoms with Gasteiger partial charge in [0.05, 0.1) is 0 Å². The van der Waals surface area contributed by atoms with E-state index in [0.717, 1.165) is 5.56 Å². The molecule has 106 valence electrons. The van der Waals surface area contributed by atoms with Crippen molar-refractivity contribution < 1.29 is 9.53 Å². The number of benzene rings is 1. The average molecular weight is 285 g/mol. The van der Waals surface area contributed by atoms with Gasteiger partial charge in [-0.15, -0.1) is 0 Å². The van der Waals surface area contributed by atoms with Gasteiger partial charge in [-0.1, -0.05) is 24.6 Å². The molecule has 0 bridgehead atoms. The molecule has 0 radical (unpaired) electrons. The topological polar surface area (TPSA) is 64.3 Å². The maximum Gasteiger partial charge on any atom is 0.412 e. The fourth-order valence-electron chi connectivity index (χ4n) is 1.61. The minimum atomic E-state index is -0.539. The zero-order chi connectivity index (χ0) is 14.6. The Morgan fingerprint density at radius 2 is 2.11 bits per heavy atom. The minimum absolute atomic E-state index is 0.127. The van der Waals surface area contributed by atoms with E-state index in [1.54, 1.807) is 12.1 Å². The second-order valence-electron chi connectivity index (χ2n) is 5.50. The predicted molar refractivity (Wildman–Crippen MR) is 78.8 cm³/mol. The van der Waals surface area contributed by atoms with Gasteiger partial charge >= 0.3 is 6.09 Å². The van der Waals surface area contributed by atoms with Crippen molar-refractivity contribution in [3.63, 3.8) is 0 Å². The summed E-state index contributed by atoms with van der Waals surface area (Å²) in [6.45, 7) is 7.92. The maximum absolute atomic E-state index is 11.8. The Labute approximate surface area is 119 Å². The molecule has 0 heterocycles. The van der Waals surface area contributed by atoms with Crippen molar-refractivity contribution in [2.45, 2.75) is 39.2 Å². The van der Waals surface area contributed by atoms with Gasteiger partial charge in [-0.25, -0.2) is 4.79 Å². The van der Waals surface area contributed by atoms with E-state index in [9.17, 15) is 4.79 Å². The number of ether oxygens (including phenoxy) is 1. The molecule has 1 aromatic carbocycles. The molecule has 1 aromatic rings. The molecule has 1 unspecified atom stereocenters. The molecule has 0 aromatic heterocycles. The van der Waals surface area contributed by atoms with Crippen LogP contribution in [0.1, 0.15) is 39.2 Å². The van der Waals surface area contributed by atoms with E-state index in [-0.39, 0.29) is 5.92 Å². The van der Waals surface area contributed by atoms with Gasteiger partial charge in [-0.05, 0) is 50.9 Å². The van der Waals surface area contributed by atoms with E-state index in [2.05, 4.69) is 5.32 Å². The molecule has 0 fully saturated rings. The molecule has 0 aliphatic heterocycles. The van der Waals surface area contributed by atoms with Crippen LogP contribution in [-0.2, 0) is 4.74 Å². The first-order valence-corrected chi connectivity index (χ1v) is 6.60. The molecule has 0 spiro atoms. The van der Waals surface area contributed by atoms with Gasteiger partial charge in [-0.3, -0.25) is 5.32 Å². The van der Waals surface area contributed by atoms with Crippen molar-refractivity contribution in [2.24, 2.45) is 5.73 Å². The van der Waals surface area contributed by atoms with Crippen LogP contribution in [-0.4, -0.2) is 18.2 Å². The lowest BCUT2D eigenvalue weighted by Crippen LogP contribution is -2.27. The quantitative estimate of drug-likeness (QED) is 0.888. The van der Waals surface area contributed by atoms with Gasteiger partial charge in [0.1, 0.15) is 5.60 Å². The molecule has 0 saturated heterocycles. The van der Waals surface area contributed by atoms with Gasteiger partial charge in [0, 0.05) is 10.7 Å². The van der Waals surface area contributed by atoms with Crippen molar-refractivity contribution in [1.29, 1.82) is 0 Å². The summed E-state index contributed by atoms with van der Waals surface area (Å²) >= 11 is 5.96. The fraction of sp³-hybridized carbons (Fsp3) is 0.500. The summed E-state index contributed by atoms with van der Waals surface area (Å²) in [4.78, 5) is 11.8. The number of amides is 1. The standard InChI is InChI=1S/C14H21ClN2O2/c1-9(8-16)11-6-5-10(15)7-12(11)17-13(18)19-14(2,3)4/h5-7,9H,8,16H2,1-4H3,(H,17,18). The molecule has 1 atom stereocenters. The highest BCUT2D eigenvalue weighted by Crippen LogP contribution is 2.27. The third-order valence-corrected chi connectivity index (χ3v) is 2.77. The lowest BCUT2D eigenvalue weighted by Gasteiger charge is -2.21. The zero-order valence-corrected chi connectivity index (χ0v) is 12.5. The normalized spacial score (nSPS) is 12.9. The summed E-state index contributed by atoms with van der Waals surface area (Å²) in [5, 5.41) is 3.28. The fourth-order valence-corrected chi connectivity index (χ4v) is 1.78. The van der Waals surface area contributed by atoms with Crippen molar-refractivity contribution in [3.8, 4) is 0 Å². The highest BCUT2D eigenvalue weighted by Gasteiger charge is 2.18. The Morgan fingerprint density at radius 3 is 2.63 bits per heavy atom. The predicted octanol–water partition coefficient (Wildman–Crippen LogP) is 3.75. The average Bonchev–Trinajstić information content (AvgIpc) is 2.25. The van der Waals surface area contributed by atoms with Crippen LogP contribution in [0.5, 0.6) is 0 Å². The Hall–Kier alpha value is -1.26. The molecule has 1 rings (SSSR count). The Morgan fingerprint density at radius 1 is 1.47 bits per heavy atom. The number of nitrogens with one attached hydrogen (secondary N) is 1. The highest BCUT2D eigenvalue weighted by atomic mass is 35.5. The summed E-state index contributed by atoms with van der Waals surface area (Å²) < 4.78 is 5.23.